The average Bonchev–Trinajstić information content (AvgIpc) is 2.62. The third kappa shape index (κ3) is 4.67. The molecule has 3 aromatic rings. The summed E-state index contributed by atoms with van der Waals surface area (Å²) in [5, 5.41) is 2.87. The SMILES string of the molecule is CN(Cc1ccccc1)c1ccc(C(=O)Nc2cccc(Br)c2)cn1. The van der Waals surface area contributed by atoms with Crippen molar-refractivity contribution in [2.45, 2.75) is 6.54 Å². The van der Waals surface area contributed by atoms with Crippen molar-refractivity contribution >= 4 is 33.3 Å². The van der Waals surface area contributed by atoms with Crippen LogP contribution in [0.2, 0.25) is 0 Å². The number of halogens is 1. The molecule has 1 aromatic heterocycles. The third-order valence-electron chi connectivity index (χ3n) is 3.75. The number of nitrogens with one attached hydrogen (secondary N) is 1. The largest absolute Gasteiger partial charge is 0.355 e. The number of anilines is 2. The van der Waals surface area contributed by atoms with E-state index in [1.165, 1.54) is 5.56 Å². The quantitative estimate of drug-likeness (QED) is 0.678. The molecule has 126 valence electrons. The maximum absolute atomic E-state index is 12.3. The molecule has 0 saturated carbocycles. The molecule has 5 heteroatoms. The summed E-state index contributed by atoms with van der Waals surface area (Å²) < 4.78 is 0.918. The Balaban J connectivity index is 1.66. The summed E-state index contributed by atoms with van der Waals surface area (Å²) in [5.74, 6) is 0.644. The van der Waals surface area contributed by atoms with E-state index in [9.17, 15) is 4.79 Å². The predicted octanol–water partition coefficient (Wildman–Crippen LogP) is 4.73. The van der Waals surface area contributed by atoms with Gasteiger partial charge >= 0.3 is 0 Å². The molecule has 1 heterocycles. The van der Waals surface area contributed by atoms with Crippen LogP contribution in [0.3, 0.4) is 0 Å². The average molecular weight is 396 g/mol. The zero-order chi connectivity index (χ0) is 17.6. The van der Waals surface area contributed by atoms with Gasteiger partial charge in [0.25, 0.3) is 5.91 Å². The second-order valence-corrected chi connectivity index (χ2v) is 6.63. The third-order valence-corrected chi connectivity index (χ3v) is 4.24. The van der Waals surface area contributed by atoms with Crippen molar-refractivity contribution in [3.63, 3.8) is 0 Å². The van der Waals surface area contributed by atoms with Gasteiger partial charge in [0, 0.05) is 29.9 Å². The molecule has 0 saturated heterocycles. The number of carbonyl (C=O) groups excluding carboxylic acids is 1. The van der Waals surface area contributed by atoms with Crippen molar-refractivity contribution in [2.75, 3.05) is 17.3 Å². The standard InChI is InChI=1S/C20H18BrN3O/c1-24(14-15-6-3-2-4-7-15)19-11-10-16(13-22-19)20(25)23-18-9-5-8-17(21)12-18/h2-13H,14H2,1H3,(H,23,25). The summed E-state index contributed by atoms with van der Waals surface area (Å²) in [7, 11) is 1.98. The number of hydrogen-bond donors (Lipinski definition) is 1. The molecule has 25 heavy (non-hydrogen) atoms. The van der Waals surface area contributed by atoms with Crippen LogP contribution in [0.4, 0.5) is 11.5 Å². The Morgan fingerprint density at radius 3 is 2.56 bits per heavy atom. The highest BCUT2D eigenvalue weighted by atomic mass is 79.9. The minimum atomic E-state index is -0.178. The predicted molar refractivity (Wildman–Crippen MR) is 105 cm³/mol. The molecule has 0 aliphatic rings. The van der Waals surface area contributed by atoms with Crippen molar-refractivity contribution in [2.24, 2.45) is 0 Å². The number of benzene rings is 2. The lowest BCUT2D eigenvalue weighted by Crippen LogP contribution is -2.18. The molecule has 3 rings (SSSR count). The zero-order valence-corrected chi connectivity index (χ0v) is 15.4. The van der Waals surface area contributed by atoms with E-state index in [1.54, 1.807) is 12.3 Å². The van der Waals surface area contributed by atoms with Gasteiger partial charge in [0.05, 0.1) is 5.56 Å². The number of amides is 1. The van der Waals surface area contributed by atoms with E-state index in [2.05, 4.69) is 38.4 Å². The van der Waals surface area contributed by atoms with Gasteiger partial charge in [-0.15, -0.1) is 0 Å². The van der Waals surface area contributed by atoms with E-state index in [4.69, 9.17) is 0 Å². The molecular formula is C20H18BrN3O. The van der Waals surface area contributed by atoms with Gasteiger partial charge in [-0.3, -0.25) is 4.79 Å². The van der Waals surface area contributed by atoms with Gasteiger partial charge in [-0.25, -0.2) is 4.98 Å². The van der Waals surface area contributed by atoms with E-state index in [1.807, 2.05) is 60.5 Å². The Kier molecular flexibility index (Phi) is 5.46. The molecule has 0 unspecified atom stereocenters. The number of carbonyl (C=O) groups is 1. The molecule has 2 aromatic carbocycles. The molecular weight excluding hydrogens is 378 g/mol. The van der Waals surface area contributed by atoms with E-state index in [-0.39, 0.29) is 5.91 Å². The lowest BCUT2D eigenvalue weighted by molar-refractivity contribution is 0.102. The molecule has 0 spiro atoms. The molecule has 0 aliphatic carbocycles. The monoisotopic (exact) mass is 395 g/mol. The second-order valence-electron chi connectivity index (χ2n) is 5.71. The molecule has 4 nitrogen and oxygen atoms in total. The van der Waals surface area contributed by atoms with Crippen LogP contribution in [0.1, 0.15) is 15.9 Å². The minimum Gasteiger partial charge on any atom is -0.355 e. The minimum absolute atomic E-state index is 0.178. The molecule has 0 fully saturated rings. The van der Waals surface area contributed by atoms with Gasteiger partial charge in [0.1, 0.15) is 5.82 Å². The fourth-order valence-corrected chi connectivity index (χ4v) is 2.85. The van der Waals surface area contributed by atoms with Gasteiger partial charge in [-0.05, 0) is 35.9 Å². The maximum atomic E-state index is 12.3. The Labute approximate surface area is 155 Å². The number of aromatic nitrogens is 1. The summed E-state index contributed by atoms with van der Waals surface area (Å²) in [6.07, 6.45) is 1.60. The Hall–Kier alpha value is -2.66. The first-order chi connectivity index (χ1) is 12.1. The summed E-state index contributed by atoms with van der Waals surface area (Å²) in [6, 6.07) is 21.3. The zero-order valence-electron chi connectivity index (χ0n) is 13.8. The van der Waals surface area contributed by atoms with Crippen LogP contribution in [-0.4, -0.2) is 17.9 Å². The van der Waals surface area contributed by atoms with E-state index >= 15 is 0 Å². The summed E-state index contributed by atoms with van der Waals surface area (Å²) >= 11 is 3.39. The van der Waals surface area contributed by atoms with Gasteiger partial charge in [0.15, 0.2) is 0 Å². The first kappa shape index (κ1) is 17.2. The number of pyridine rings is 1. The van der Waals surface area contributed by atoms with Crippen LogP contribution >= 0.6 is 15.9 Å². The molecule has 0 radical (unpaired) electrons. The molecule has 1 amide bonds. The number of hydrogen-bond acceptors (Lipinski definition) is 3. The van der Waals surface area contributed by atoms with Crippen molar-refractivity contribution in [1.29, 1.82) is 0 Å². The van der Waals surface area contributed by atoms with Gasteiger partial charge in [-0.1, -0.05) is 52.3 Å². The van der Waals surface area contributed by atoms with Crippen molar-refractivity contribution < 1.29 is 4.79 Å². The highest BCUT2D eigenvalue weighted by Crippen LogP contribution is 2.17. The van der Waals surface area contributed by atoms with Crippen LogP contribution in [0.15, 0.2) is 77.4 Å². The summed E-state index contributed by atoms with van der Waals surface area (Å²) in [5.41, 5.74) is 2.48. The summed E-state index contributed by atoms with van der Waals surface area (Å²) in [4.78, 5) is 18.8. The van der Waals surface area contributed by atoms with Crippen LogP contribution in [0, 0.1) is 0 Å². The highest BCUT2D eigenvalue weighted by molar-refractivity contribution is 9.10. The van der Waals surface area contributed by atoms with E-state index in [0.717, 1.165) is 22.5 Å². The molecule has 0 bridgehead atoms. The van der Waals surface area contributed by atoms with Gasteiger partial charge < -0.3 is 10.2 Å². The molecule has 0 aliphatic heterocycles. The highest BCUT2D eigenvalue weighted by Gasteiger charge is 2.09. The lowest BCUT2D eigenvalue weighted by atomic mass is 10.2. The van der Waals surface area contributed by atoms with Gasteiger partial charge in [0.2, 0.25) is 0 Å². The van der Waals surface area contributed by atoms with Crippen LogP contribution in [0.5, 0.6) is 0 Å². The van der Waals surface area contributed by atoms with E-state index < -0.39 is 0 Å². The maximum Gasteiger partial charge on any atom is 0.257 e. The van der Waals surface area contributed by atoms with E-state index in [0.29, 0.717) is 5.56 Å². The van der Waals surface area contributed by atoms with Crippen LogP contribution < -0.4 is 10.2 Å². The number of rotatable bonds is 5. The lowest BCUT2D eigenvalue weighted by Gasteiger charge is -2.18. The molecule has 0 atom stereocenters. The Bertz CT molecular complexity index is 850. The van der Waals surface area contributed by atoms with Crippen molar-refractivity contribution in [3.8, 4) is 0 Å². The smallest absolute Gasteiger partial charge is 0.257 e. The Morgan fingerprint density at radius 2 is 1.88 bits per heavy atom. The normalized spacial score (nSPS) is 10.3. The van der Waals surface area contributed by atoms with Crippen LogP contribution in [-0.2, 0) is 6.54 Å². The van der Waals surface area contributed by atoms with Crippen LogP contribution in [0.25, 0.3) is 0 Å². The second kappa shape index (κ2) is 7.94. The van der Waals surface area contributed by atoms with Gasteiger partial charge in [-0.2, -0.15) is 0 Å². The van der Waals surface area contributed by atoms with Crippen molar-refractivity contribution in [1.82, 2.24) is 4.98 Å². The fourth-order valence-electron chi connectivity index (χ4n) is 2.45. The first-order valence-corrected chi connectivity index (χ1v) is 8.69. The fraction of sp³-hybridized carbons (Fsp3) is 0.100. The topological polar surface area (TPSA) is 45.2 Å². The Morgan fingerprint density at radius 1 is 1.08 bits per heavy atom. The summed E-state index contributed by atoms with van der Waals surface area (Å²) in [6.45, 7) is 0.761. The molecule has 1 N–H and O–H groups in total. The number of nitrogens with zero attached hydrogens (tertiary/aromatic N) is 2. The first-order valence-electron chi connectivity index (χ1n) is 7.90. The van der Waals surface area contributed by atoms with Crippen molar-refractivity contribution in [3.05, 3.63) is 88.5 Å².